The zero-order chi connectivity index (χ0) is 18.4. The van der Waals surface area contributed by atoms with E-state index in [-0.39, 0.29) is 11.8 Å². The molecule has 3 rings (SSSR count). The van der Waals surface area contributed by atoms with Gasteiger partial charge in [-0.25, -0.2) is 0 Å². The molecule has 1 aliphatic heterocycles. The van der Waals surface area contributed by atoms with Crippen LogP contribution >= 0.6 is 0 Å². The molecule has 0 aliphatic carbocycles. The Balaban J connectivity index is 1.45. The van der Waals surface area contributed by atoms with Gasteiger partial charge in [-0.3, -0.25) is 9.59 Å². The van der Waals surface area contributed by atoms with Gasteiger partial charge in [0, 0.05) is 43.9 Å². The average Bonchev–Trinajstić information content (AvgIpc) is 3.07. The molecule has 1 aliphatic rings. The van der Waals surface area contributed by atoms with Gasteiger partial charge in [0.1, 0.15) is 0 Å². The lowest BCUT2D eigenvalue weighted by atomic mass is 10.2. The van der Waals surface area contributed by atoms with Gasteiger partial charge in [-0.1, -0.05) is 30.3 Å². The van der Waals surface area contributed by atoms with Crippen LogP contribution in [0.4, 0.5) is 11.4 Å². The molecule has 0 aromatic heterocycles. The fraction of sp³-hybridized carbons (Fsp3) is 0.333. The smallest absolute Gasteiger partial charge is 0.227 e. The van der Waals surface area contributed by atoms with Gasteiger partial charge in [0.15, 0.2) is 0 Å². The van der Waals surface area contributed by atoms with Gasteiger partial charge in [0.2, 0.25) is 11.8 Å². The Morgan fingerprint density at radius 2 is 1.85 bits per heavy atom. The van der Waals surface area contributed by atoms with E-state index in [0.717, 1.165) is 30.9 Å². The lowest BCUT2D eigenvalue weighted by Gasteiger charge is -2.17. The van der Waals surface area contributed by atoms with E-state index >= 15 is 0 Å². The number of amides is 2. The number of carbonyl (C=O) groups excluding carboxylic acids is 2. The summed E-state index contributed by atoms with van der Waals surface area (Å²) in [5.41, 5.74) is 2.90. The summed E-state index contributed by atoms with van der Waals surface area (Å²) in [6.07, 6.45) is 1.97. The Labute approximate surface area is 154 Å². The summed E-state index contributed by atoms with van der Waals surface area (Å²) < 4.78 is 0. The second kappa shape index (κ2) is 8.63. The summed E-state index contributed by atoms with van der Waals surface area (Å²) in [6.45, 7) is 2.30. The first-order valence-electron chi connectivity index (χ1n) is 9.04. The number of hydrogen-bond acceptors (Lipinski definition) is 3. The maximum atomic E-state index is 12.2. The van der Waals surface area contributed by atoms with Crippen LogP contribution in [-0.4, -0.2) is 36.9 Å². The highest BCUT2D eigenvalue weighted by atomic mass is 16.2. The molecule has 0 atom stereocenters. The fourth-order valence-electron chi connectivity index (χ4n) is 3.14. The van der Waals surface area contributed by atoms with Crippen molar-refractivity contribution in [2.24, 2.45) is 0 Å². The molecular weight excluding hydrogens is 326 g/mol. The molecule has 26 heavy (non-hydrogen) atoms. The van der Waals surface area contributed by atoms with Crippen molar-refractivity contribution < 1.29 is 9.59 Å². The van der Waals surface area contributed by atoms with Crippen LogP contribution in [0.2, 0.25) is 0 Å². The van der Waals surface area contributed by atoms with Crippen LogP contribution in [0.3, 0.4) is 0 Å². The lowest BCUT2D eigenvalue weighted by Crippen LogP contribution is -2.24. The molecule has 1 fully saturated rings. The molecule has 1 saturated heterocycles. The maximum Gasteiger partial charge on any atom is 0.227 e. The van der Waals surface area contributed by atoms with E-state index in [9.17, 15) is 9.59 Å². The number of nitrogens with one attached hydrogen (secondary N) is 1. The third-order valence-corrected chi connectivity index (χ3v) is 4.55. The highest BCUT2D eigenvalue weighted by Crippen LogP contribution is 2.23. The largest absolute Gasteiger partial charge is 0.326 e. The number of nitrogens with zero attached hydrogens (tertiary/aromatic N) is 2. The molecule has 0 unspecified atom stereocenters. The Bertz CT molecular complexity index is 744. The van der Waals surface area contributed by atoms with Crippen molar-refractivity contribution in [1.29, 1.82) is 0 Å². The van der Waals surface area contributed by atoms with E-state index in [1.165, 1.54) is 5.56 Å². The molecule has 5 nitrogen and oxygen atoms in total. The van der Waals surface area contributed by atoms with Gasteiger partial charge < -0.3 is 15.1 Å². The first-order valence-corrected chi connectivity index (χ1v) is 9.04. The summed E-state index contributed by atoms with van der Waals surface area (Å²) in [4.78, 5) is 27.9. The van der Waals surface area contributed by atoms with E-state index in [1.54, 1.807) is 4.90 Å². The number of carbonyl (C=O) groups is 2. The summed E-state index contributed by atoms with van der Waals surface area (Å²) in [6, 6.07) is 17.7. The second-order valence-electron chi connectivity index (χ2n) is 6.72. The molecular formula is C21H25N3O2. The number of anilines is 2. The van der Waals surface area contributed by atoms with Crippen molar-refractivity contribution in [1.82, 2.24) is 4.90 Å². The molecule has 1 N–H and O–H groups in total. The van der Waals surface area contributed by atoms with Crippen molar-refractivity contribution in [3.05, 3.63) is 60.2 Å². The zero-order valence-electron chi connectivity index (χ0n) is 15.1. The average molecular weight is 351 g/mol. The van der Waals surface area contributed by atoms with Gasteiger partial charge in [-0.05, 0) is 43.3 Å². The summed E-state index contributed by atoms with van der Waals surface area (Å²) >= 11 is 0. The Morgan fingerprint density at radius 3 is 2.50 bits per heavy atom. The summed E-state index contributed by atoms with van der Waals surface area (Å²) in [7, 11) is 2.02. The van der Waals surface area contributed by atoms with Crippen LogP contribution in [0, 0.1) is 0 Å². The van der Waals surface area contributed by atoms with E-state index in [2.05, 4.69) is 22.3 Å². The minimum atomic E-state index is -0.00471. The van der Waals surface area contributed by atoms with Crippen molar-refractivity contribution in [2.45, 2.75) is 25.8 Å². The second-order valence-corrected chi connectivity index (χ2v) is 6.72. The van der Waals surface area contributed by atoms with Gasteiger partial charge in [-0.2, -0.15) is 0 Å². The van der Waals surface area contributed by atoms with E-state index < -0.39 is 0 Å². The van der Waals surface area contributed by atoms with E-state index in [4.69, 9.17) is 0 Å². The maximum absolute atomic E-state index is 12.2. The van der Waals surface area contributed by atoms with Crippen molar-refractivity contribution in [3.8, 4) is 0 Å². The fourth-order valence-corrected chi connectivity index (χ4v) is 3.14. The van der Waals surface area contributed by atoms with E-state index in [0.29, 0.717) is 19.4 Å². The molecule has 136 valence electrons. The SMILES string of the molecule is CN(CCC(=O)Nc1ccc(N2CCCC2=O)cc1)Cc1ccccc1. The molecule has 2 aromatic carbocycles. The predicted octanol–water partition coefficient (Wildman–Crippen LogP) is 3.27. The van der Waals surface area contributed by atoms with Crippen LogP contribution in [-0.2, 0) is 16.1 Å². The first kappa shape index (κ1) is 18.1. The molecule has 2 aromatic rings. The molecule has 5 heteroatoms. The van der Waals surface area contributed by atoms with E-state index in [1.807, 2.05) is 49.5 Å². The van der Waals surface area contributed by atoms with Crippen LogP contribution in [0.1, 0.15) is 24.8 Å². The minimum Gasteiger partial charge on any atom is -0.326 e. The van der Waals surface area contributed by atoms with Gasteiger partial charge in [0.05, 0.1) is 0 Å². The molecule has 2 amide bonds. The highest BCUT2D eigenvalue weighted by molar-refractivity contribution is 5.96. The molecule has 0 spiro atoms. The molecule has 1 heterocycles. The summed E-state index contributed by atoms with van der Waals surface area (Å²) in [5.74, 6) is 0.165. The number of rotatable bonds is 7. The van der Waals surface area contributed by atoms with Crippen molar-refractivity contribution >= 4 is 23.2 Å². The van der Waals surface area contributed by atoms with Gasteiger partial charge in [0.25, 0.3) is 0 Å². The molecule has 0 radical (unpaired) electrons. The minimum absolute atomic E-state index is 0.00471. The Hall–Kier alpha value is -2.66. The van der Waals surface area contributed by atoms with Crippen LogP contribution in [0.15, 0.2) is 54.6 Å². The molecule has 0 saturated carbocycles. The van der Waals surface area contributed by atoms with Crippen LogP contribution in [0.5, 0.6) is 0 Å². The summed E-state index contributed by atoms with van der Waals surface area (Å²) in [5, 5.41) is 2.92. The third-order valence-electron chi connectivity index (χ3n) is 4.55. The predicted molar refractivity (Wildman–Crippen MR) is 104 cm³/mol. The number of benzene rings is 2. The highest BCUT2D eigenvalue weighted by Gasteiger charge is 2.21. The zero-order valence-corrected chi connectivity index (χ0v) is 15.1. The van der Waals surface area contributed by atoms with Gasteiger partial charge in [-0.15, -0.1) is 0 Å². The lowest BCUT2D eigenvalue weighted by molar-refractivity contribution is -0.117. The Morgan fingerprint density at radius 1 is 1.12 bits per heavy atom. The topological polar surface area (TPSA) is 52.7 Å². The number of hydrogen-bond donors (Lipinski definition) is 1. The monoisotopic (exact) mass is 351 g/mol. The van der Waals surface area contributed by atoms with Crippen molar-refractivity contribution in [3.63, 3.8) is 0 Å². The van der Waals surface area contributed by atoms with Gasteiger partial charge >= 0.3 is 0 Å². The standard InChI is InChI=1S/C21H25N3O2/c1-23(16-17-6-3-2-4-7-17)15-13-20(25)22-18-9-11-19(12-10-18)24-14-5-8-21(24)26/h2-4,6-7,9-12H,5,8,13-16H2,1H3,(H,22,25). The normalized spacial score (nSPS) is 14.1. The van der Waals surface area contributed by atoms with Crippen molar-refractivity contribution in [2.75, 3.05) is 30.4 Å². The first-order chi connectivity index (χ1) is 12.6. The third kappa shape index (κ3) is 4.92. The quantitative estimate of drug-likeness (QED) is 0.833. The van der Waals surface area contributed by atoms with Crippen LogP contribution in [0.25, 0.3) is 0 Å². The Kier molecular flexibility index (Phi) is 6.02. The van der Waals surface area contributed by atoms with Crippen LogP contribution < -0.4 is 10.2 Å². The molecule has 0 bridgehead atoms.